The smallest absolute Gasteiger partial charge is 0.257 e. The molecule has 11 heteroatoms. The van der Waals surface area contributed by atoms with E-state index in [2.05, 4.69) is 14.7 Å². The second-order valence-electron chi connectivity index (χ2n) is 7.45. The molecule has 0 saturated carbocycles. The molecule has 1 aromatic heterocycles. The van der Waals surface area contributed by atoms with Gasteiger partial charge in [-0.05, 0) is 47.7 Å². The van der Waals surface area contributed by atoms with Gasteiger partial charge in [0.05, 0.1) is 11.4 Å². The summed E-state index contributed by atoms with van der Waals surface area (Å²) in [5, 5.41) is 3.39. The summed E-state index contributed by atoms with van der Waals surface area (Å²) < 4.78 is 42.7. The lowest BCUT2D eigenvalue weighted by Gasteiger charge is -2.22. The van der Waals surface area contributed by atoms with Gasteiger partial charge in [-0.25, -0.2) is 17.8 Å². The summed E-state index contributed by atoms with van der Waals surface area (Å²) in [5.41, 5.74) is 1.95. The lowest BCUT2D eigenvalue weighted by Crippen LogP contribution is -2.35. The molecule has 0 radical (unpaired) electrons. The van der Waals surface area contributed by atoms with Gasteiger partial charge >= 0.3 is 0 Å². The van der Waals surface area contributed by atoms with Gasteiger partial charge in [-0.1, -0.05) is 12.1 Å². The number of amides is 1. The summed E-state index contributed by atoms with van der Waals surface area (Å²) in [7, 11) is -1.63. The molecule has 1 unspecified atom stereocenters. The summed E-state index contributed by atoms with van der Waals surface area (Å²) in [6.45, 7) is 0.332. The van der Waals surface area contributed by atoms with Crippen molar-refractivity contribution in [1.29, 1.82) is 0 Å². The van der Waals surface area contributed by atoms with E-state index in [1.54, 1.807) is 47.3 Å². The molecular formula is C21H18FN5O3S2. The zero-order valence-corrected chi connectivity index (χ0v) is 18.5. The van der Waals surface area contributed by atoms with E-state index in [0.29, 0.717) is 28.7 Å². The average Bonchev–Trinajstić information content (AvgIpc) is 3.33. The highest BCUT2D eigenvalue weighted by Crippen LogP contribution is 2.42. The van der Waals surface area contributed by atoms with Crippen molar-refractivity contribution in [2.45, 2.75) is 10.9 Å². The summed E-state index contributed by atoms with van der Waals surface area (Å²) in [6, 6.07) is 10.6. The first-order valence-corrected chi connectivity index (χ1v) is 12.2. The van der Waals surface area contributed by atoms with Crippen molar-refractivity contribution in [2.24, 2.45) is 11.4 Å². The van der Waals surface area contributed by atoms with Gasteiger partial charge in [-0.2, -0.15) is 0 Å². The fourth-order valence-electron chi connectivity index (χ4n) is 3.69. The Morgan fingerprint density at radius 1 is 1.22 bits per heavy atom. The maximum Gasteiger partial charge on any atom is 0.257 e. The second-order valence-corrected chi connectivity index (χ2v) is 10.2. The van der Waals surface area contributed by atoms with Crippen molar-refractivity contribution in [3.63, 3.8) is 0 Å². The van der Waals surface area contributed by atoms with Crippen LogP contribution in [0.2, 0.25) is 0 Å². The van der Waals surface area contributed by atoms with Crippen LogP contribution in [0.15, 0.2) is 64.2 Å². The number of anilines is 1. The molecule has 1 amide bonds. The lowest BCUT2D eigenvalue weighted by molar-refractivity contribution is 0.0941. The Morgan fingerprint density at radius 3 is 2.72 bits per heavy atom. The topological polar surface area (TPSA) is 96.7 Å². The minimum Gasteiger partial charge on any atom is -0.338 e. The number of imidazole rings is 1. The molecule has 3 heterocycles. The first-order chi connectivity index (χ1) is 15.3. The van der Waals surface area contributed by atoms with Gasteiger partial charge < -0.3 is 14.8 Å². The zero-order chi connectivity index (χ0) is 22.5. The number of benzene rings is 2. The fraction of sp³-hybridized carbons (Fsp3) is 0.190. The first kappa shape index (κ1) is 20.7. The standard InChI is InChI=1S/C21H18FN5O3S2/c1-26-9-8-23-19(26)18(13-2-5-15(22)6-3-13)24-20(28)14-4-7-16-17(12-14)31-21-25-32(29,30)11-10-27(16)21/h2-9,12,18H,10-11H2,1H3,(H,24,28). The Morgan fingerprint density at radius 2 is 2.00 bits per heavy atom. The number of nitrogens with zero attached hydrogens (tertiary/aromatic N) is 4. The molecular weight excluding hydrogens is 453 g/mol. The van der Waals surface area contributed by atoms with Crippen LogP contribution in [0.1, 0.15) is 27.8 Å². The number of amidine groups is 1. The second kappa shape index (κ2) is 7.75. The molecule has 0 bridgehead atoms. The van der Waals surface area contributed by atoms with E-state index in [9.17, 15) is 17.6 Å². The molecule has 5 rings (SSSR count). The maximum atomic E-state index is 13.4. The molecule has 164 valence electrons. The van der Waals surface area contributed by atoms with E-state index >= 15 is 0 Å². The molecule has 0 saturated heterocycles. The molecule has 1 N–H and O–H groups in total. The largest absolute Gasteiger partial charge is 0.338 e. The van der Waals surface area contributed by atoms with E-state index in [1.165, 1.54) is 23.9 Å². The highest BCUT2D eigenvalue weighted by Gasteiger charge is 2.33. The normalized spacial score (nSPS) is 17.3. The van der Waals surface area contributed by atoms with E-state index < -0.39 is 16.1 Å². The van der Waals surface area contributed by atoms with Crippen molar-refractivity contribution in [2.75, 3.05) is 17.2 Å². The number of carbonyl (C=O) groups excluding carboxylic acids is 1. The van der Waals surface area contributed by atoms with E-state index in [4.69, 9.17) is 0 Å². The minimum absolute atomic E-state index is 0.0399. The number of rotatable bonds is 4. The van der Waals surface area contributed by atoms with Gasteiger partial charge in [0, 0.05) is 36.4 Å². The van der Waals surface area contributed by atoms with Crippen molar-refractivity contribution < 1.29 is 17.6 Å². The van der Waals surface area contributed by atoms with Crippen molar-refractivity contribution in [3.8, 4) is 0 Å². The molecule has 3 aromatic rings. The summed E-state index contributed by atoms with van der Waals surface area (Å²) in [4.78, 5) is 20.1. The van der Waals surface area contributed by atoms with Gasteiger partial charge in [0.15, 0.2) is 5.17 Å². The fourth-order valence-corrected chi connectivity index (χ4v) is 5.99. The SMILES string of the molecule is Cn1ccnc1C(NC(=O)c1ccc2c(c1)SC1=NS(=O)(=O)CCN12)c1ccc(F)cc1. The average molecular weight is 472 g/mol. The highest BCUT2D eigenvalue weighted by molar-refractivity contribution is 8.15. The van der Waals surface area contributed by atoms with Gasteiger partial charge in [0.2, 0.25) is 0 Å². The Labute approximate surface area is 188 Å². The summed E-state index contributed by atoms with van der Waals surface area (Å²) in [5.74, 6) is -0.125. The Hall–Kier alpha value is -3.18. The van der Waals surface area contributed by atoms with Gasteiger partial charge in [0.1, 0.15) is 17.7 Å². The third kappa shape index (κ3) is 3.78. The van der Waals surface area contributed by atoms with Crippen LogP contribution in [0.5, 0.6) is 0 Å². The quantitative estimate of drug-likeness (QED) is 0.629. The number of hydrogen-bond acceptors (Lipinski definition) is 6. The maximum absolute atomic E-state index is 13.4. The van der Waals surface area contributed by atoms with Crippen molar-refractivity contribution in [3.05, 3.63) is 77.6 Å². The van der Waals surface area contributed by atoms with E-state index in [1.807, 2.05) is 11.9 Å². The summed E-state index contributed by atoms with van der Waals surface area (Å²) in [6.07, 6.45) is 3.41. The van der Waals surface area contributed by atoms with Gasteiger partial charge in [0.25, 0.3) is 15.9 Å². The Kier molecular flexibility index (Phi) is 5.01. The zero-order valence-electron chi connectivity index (χ0n) is 16.9. The minimum atomic E-state index is -3.45. The molecule has 0 fully saturated rings. The van der Waals surface area contributed by atoms with Crippen LogP contribution < -0.4 is 10.2 Å². The third-order valence-electron chi connectivity index (χ3n) is 5.33. The Bertz CT molecular complexity index is 1350. The number of aryl methyl sites for hydroxylation is 1. The number of aromatic nitrogens is 2. The number of halogens is 1. The van der Waals surface area contributed by atoms with Crippen LogP contribution >= 0.6 is 11.8 Å². The van der Waals surface area contributed by atoms with Crippen molar-refractivity contribution >= 4 is 38.5 Å². The van der Waals surface area contributed by atoms with Gasteiger partial charge in [-0.3, -0.25) is 4.79 Å². The molecule has 8 nitrogen and oxygen atoms in total. The van der Waals surface area contributed by atoms with E-state index in [-0.39, 0.29) is 17.5 Å². The molecule has 1 atom stereocenters. The third-order valence-corrected chi connectivity index (χ3v) is 7.64. The van der Waals surface area contributed by atoms with Crippen molar-refractivity contribution in [1.82, 2.24) is 14.9 Å². The van der Waals surface area contributed by atoms with Crippen LogP contribution in [-0.4, -0.2) is 41.3 Å². The van der Waals surface area contributed by atoms with Gasteiger partial charge in [-0.15, -0.1) is 4.40 Å². The lowest BCUT2D eigenvalue weighted by atomic mass is 10.0. The number of fused-ring (bicyclic) bond motifs is 3. The summed E-state index contributed by atoms with van der Waals surface area (Å²) >= 11 is 1.23. The highest BCUT2D eigenvalue weighted by atomic mass is 32.2. The predicted molar refractivity (Wildman–Crippen MR) is 120 cm³/mol. The Balaban J connectivity index is 1.44. The van der Waals surface area contributed by atoms with Crippen LogP contribution in [0.4, 0.5) is 10.1 Å². The first-order valence-electron chi connectivity index (χ1n) is 9.76. The molecule has 2 aromatic carbocycles. The van der Waals surface area contributed by atoms with Crippen LogP contribution in [0.3, 0.4) is 0 Å². The molecule has 0 spiro atoms. The molecule has 0 aliphatic carbocycles. The van der Waals surface area contributed by atoms with Crippen LogP contribution in [0.25, 0.3) is 0 Å². The number of sulfonamides is 1. The molecule has 2 aliphatic rings. The van der Waals surface area contributed by atoms with Crippen LogP contribution in [0, 0.1) is 5.82 Å². The number of thioether (sulfide) groups is 1. The number of hydrogen-bond donors (Lipinski definition) is 1. The molecule has 32 heavy (non-hydrogen) atoms. The van der Waals surface area contributed by atoms with Crippen LogP contribution in [-0.2, 0) is 17.1 Å². The predicted octanol–water partition coefficient (Wildman–Crippen LogP) is 2.69. The van der Waals surface area contributed by atoms with E-state index in [0.717, 1.165) is 10.6 Å². The monoisotopic (exact) mass is 471 g/mol. The number of nitrogens with one attached hydrogen (secondary N) is 1. The molecule has 2 aliphatic heterocycles. The number of carbonyl (C=O) groups is 1.